The molecule has 6 heteroatoms. The van der Waals surface area contributed by atoms with Crippen LogP contribution < -0.4 is 0 Å². The zero-order chi connectivity index (χ0) is 22.0. The van der Waals surface area contributed by atoms with E-state index in [-0.39, 0.29) is 11.5 Å². The van der Waals surface area contributed by atoms with Gasteiger partial charge in [0.05, 0.1) is 23.1 Å². The molecule has 0 amide bonds. The summed E-state index contributed by atoms with van der Waals surface area (Å²) in [6, 6.07) is 23.5. The van der Waals surface area contributed by atoms with Crippen molar-refractivity contribution in [2.75, 3.05) is 6.61 Å². The summed E-state index contributed by atoms with van der Waals surface area (Å²) in [7, 11) is -3.98. The van der Waals surface area contributed by atoms with E-state index >= 15 is 0 Å². The minimum Gasteiger partial charge on any atom is -0.388 e. The number of aromatic nitrogens is 1. The van der Waals surface area contributed by atoms with Crippen LogP contribution in [0.25, 0.3) is 10.9 Å². The average molecular weight is 436 g/mol. The van der Waals surface area contributed by atoms with Crippen LogP contribution in [0.1, 0.15) is 22.7 Å². The average Bonchev–Trinajstić information content (AvgIpc) is 3.19. The van der Waals surface area contributed by atoms with Gasteiger partial charge in [0.25, 0.3) is 10.1 Å². The van der Waals surface area contributed by atoms with E-state index in [2.05, 4.69) is 0 Å². The molecule has 0 spiro atoms. The predicted octanol–water partition coefficient (Wildman–Crippen LogP) is 4.61. The monoisotopic (exact) mass is 435 g/mol. The lowest BCUT2D eigenvalue weighted by Gasteiger charge is -2.26. The third kappa shape index (κ3) is 4.42. The molecule has 4 aromatic rings. The molecule has 4 rings (SSSR count). The Bertz CT molecular complexity index is 1280. The number of hydrogen-bond donors (Lipinski definition) is 1. The quantitative estimate of drug-likeness (QED) is 0.430. The fourth-order valence-electron chi connectivity index (χ4n) is 3.88. The Morgan fingerprint density at radius 3 is 2.32 bits per heavy atom. The fourth-order valence-corrected chi connectivity index (χ4v) is 4.80. The van der Waals surface area contributed by atoms with Gasteiger partial charge in [0.15, 0.2) is 0 Å². The molecule has 0 bridgehead atoms. The van der Waals surface area contributed by atoms with Gasteiger partial charge in [0, 0.05) is 6.20 Å². The zero-order valence-electron chi connectivity index (χ0n) is 17.5. The van der Waals surface area contributed by atoms with Crippen molar-refractivity contribution in [3.63, 3.8) is 0 Å². The second kappa shape index (κ2) is 8.67. The second-order valence-corrected chi connectivity index (χ2v) is 9.33. The standard InChI is InChI=1S/C25H25NO4S/c1-18-11-13-22(14-12-18)31(28,29)30-17-23(27)25(20-8-4-3-5-9-20)26-16-15-21-10-6-7-19(2)24(21)26/h3-16,23,25,27H,17H2,1-2H3. The fraction of sp³-hybridized carbons (Fsp3) is 0.200. The molecule has 0 saturated heterocycles. The number of aliphatic hydroxyl groups is 1. The number of fused-ring (bicyclic) bond motifs is 1. The maximum atomic E-state index is 12.6. The lowest BCUT2D eigenvalue weighted by atomic mass is 10.0. The molecular formula is C25H25NO4S. The first-order chi connectivity index (χ1) is 14.9. The van der Waals surface area contributed by atoms with Gasteiger partial charge < -0.3 is 9.67 Å². The number of aryl methyl sites for hydroxylation is 2. The first kappa shape index (κ1) is 21.3. The number of para-hydroxylation sites is 1. The molecule has 1 aromatic heterocycles. The number of rotatable bonds is 7. The molecular weight excluding hydrogens is 410 g/mol. The molecule has 1 heterocycles. The Kier molecular flexibility index (Phi) is 5.96. The summed E-state index contributed by atoms with van der Waals surface area (Å²) in [5, 5.41) is 12.2. The van der Waals surface area contributed by atoms with E-state index < -0.39 is 22.3 Å². The Balaban J connectivity index is 1.67. The molecule has 2 unspecified atom stereocenters. The van der Waals surface area contributed by atoms with Gasteiger partial charge in [0.1, 0.15) is 6.10 Å². The summed E-state index contributed by atoms with van der Waals surface area (Å²) in [6.07, 6.45) is 0.838. The van der Waals surface area contributed by atoms with Crippen LogP contribution in [0.15, 0.2) is 90.0 Å². The lowest BCUT2D eigenvalue weighted by molar-refractivity contribution is 0.0785. The molecule has 0 aliphatic rings. The number of benzene rings is 3. The van der Waals surface area contributed by atoms with Crippen LogP contribution in [0.4, 0.5) is 0 Å². The first-order valence-corrected chi connectivity index (χ1v) is 11.5. The molecule has 31 heavy (non-hydrogen) atoms. The Labute approximate surface area is 182 Å². The summed E-state index contributed by atoms with van der Waals surface area (Å²) in [6.45, 7) is 3.54. The maximum Gasteiger partial charge on any atom is 0.297 e. The van der Waals surface area contributed by atoms with Crippen LogP contribution in [0, 0.1) is 13.8 Å². The van der Waals surface area contributed by atoms with Crippen LogP contribution in [0.2, 0.25) is 0 Å². The van der Waals surface area contributed by atoms with E-state index in [0.29, 0.717) is 0 Å². The van der Waals surface area contributed by atoms with Crippen molar-refractivity contribution in [3.8, 4) is 0 Å². The molecule has 3 aromatic carbocycles. The first-order valence-electron chi connectivity index (χ1n) is 10.1. The van der Waals surface area contributed by atoms with E-state index in [9.17, 15) is 13.5 Å². The number of hydrogen-bond acceptors (Lipinski definition) is 4. The summed E-state index contributed by atoms with van der Waals surface area (Å²) >= 11 is 0. The van der Waals surface area contributed by atoms with Crippen LogP contribution in [-0.4, -0.2) is 30.8 Å². The Hall–Kier alpha value is -2.93. The summed E-state index contributed by atoms with van der Waals surface area (Å²) < 4.78 is 32.5. The van der Waals surface area contributed by atoms with Crippen LogP contribution >= 0.6 is 0 Å². The third-order valence-electron chi connectivity index (χ3n) is 5.45. The van der Waals surface area contributed by atoms with Crippen molar-refractivity contribution >= 4 is 21.0 Å². The van der Waals surface area contributed by atoms with Crippen molar-refractivity contribution in [2.45, 2.75) is 30.9 Å². The molecule has 1 N–H and O–H groups in total. The van der Waals surface area contributed by atoms with E-state index in [1.165, 1.54) is 12.1 Å². The highest BCUT2D eigenvalue weighted by Gasteiger charge is 2.27. The normalized spacial score (nSPS) is 13.9. The highest BCUT2D eigenvalue weighted by atomic mass is 32.2. The van der Waals surface area contributed by atoms with Crippen molar-refractivity contribution < 1.29 is 17.7 Å². The predicted molar refractivity (Wildman–Crippen MR) is 122 cm³/mol. The van der Waals surface area contributed by atoms with Gasteiger partial charge in [0.2, 0.25) is 0 Å². The molecule has 0 aliphatic heterocycles. The molecule has 0 saturated carbocycles. The molecule has 160 valence electrons. The smallest absolute Gasteiger partial charge is 0.297 e. The molecule has 0 fully saturated rings. The highest BCUT2D eigenvalue weighted by molar-refractivity contribution is 7.86. The highest BCUT2D eigenvalue weighted by Crippen LogP contribution is 2.30. The lowest BCUT2D eigenvalue weighted by Crippen LogP contribution is -2.30. The summed E-state index contributed by atoms with van der Waals surface area (Å²) in [4.78, 5) is 0.0730. The Morgan fingerprint density at radius 1 is 0.903 bits per heavy atom. The van der Waals surface area contributed by atoms with Gasteiger partial charge in [-0.25, -0.2) is 0 Å². The minimum atomic E-state index is -3.98. The third-order valence-corrected chi connectivity index (χ3v) is 6.75. The molecule has 0 radical (unpaired) electrons. The largest absolute Gasteiger partial charge is 0.388 e. The SMILES string of the molecule is Cc1ccc(S(=O)(=O)OCC(O)C(c2ccccc2)n2ccc3cccc(C)c32)cc1. The zero-order valence-corrected chi connectivity index (χ0v) is 18.3. The van der Waals surface area contributed by atoms with E-state index in [1.807, 2.05) is 79.2 Å². The van der Waals surface area contributed by atoms with Crippen molar-refractivity contribution in [2.24, 2.45) is 0 Å². The Morgan fingerprint density at radius 2 is 1.61 bits per heavy atom. The van der Waals surface area contributed by atoms with Gasteiger partial charge in [-0.1, -0.05) is 66.2 Å². The van der Waals surface area contributed by atoms with Crippen LogP contribution in [0.3, 0.4) is 0 Å². The van der Waals surface area contributed by atoms with E-state index in [1.54, 1.807) is 12.1 Å². The number of nitrogens with zero attached hydrogens (tertiary/aromatic N) is 1. The van der Waals surface area contributed by atoms with Crippen LogP contribution in [0.5, 0.6) is 0 Å². The molecule has 2 atom stereocenters. The van der Waals surface area contributed by atoms with Gasteiger partial charge in [-0.3, -0.25) is 4.18 Å². The van der Waals surface area contributed by atoms with Crippen molar-refractivity contribution in [1.29, 1.82) is 0 Å². The topological polar surface area (TPSA) is 68.5 Å². The van der Waals surface area contributed by atoms with Gasteiger partial charge in [-0.05, 0) is 48.6 Å². The maximum absolute atomic E-state index is 12.6. The van der Waals surface area contributed by atoms with Crippen LogP contribution in [-0.2, 0) is 14.3 Å². The second-order valence-electron chi connectivity index (χ2n) is 7.71. The minimum absolute atomic E-state index is 0.0730. The number of aliphatic hydroxyl groups excluding tert-OH is 1. The van der Waals surface area contributed by atoms with Gasteiger partial charge >= 0.3 is 0 Å². The van der Waals surface area contributed by atoms with Crippen molar-refractivity contribution in [3.05, 3.63) is 102 Å². The van der Waals surface area contributed by atoms with E-state index in [0.717, 1.165) is 27.6 Å². The van der Waals surface area contributed by atoms with Gasteiger partial charge in [-0.15, -0.1) is 0 Å². The summed E-state index contributed by atoms with van der Waals surface area (Å²) in [5.41, 5.74) is 3.89. The summed E-state index contributed by atoms with van der Waals surface area (Å²) in [5.74, 6) is 0. The molecule has 0 aliphatic carbocycles. The van der Waals surface area contributed by atoms with E-state index in [4.69, 9.17) is 4.18 Å². The molecule has 5 nitrogen and oxygen atoms in total. The van der Waals surface area contributed by atoms with Crippen molar-refractivity contribution in [1.82, 2.24) is 4.57 Å². The van der Waals surface area contributed by atoms with Gasteiger partial charge in [-0.2, -0.15) is 8.42 Å².